The van der Waals surface area contributed by atoms with Crippen molar-refractivity contribution in [2.24, 2.45) is 0 Å². The van der Waals surface area contributed by atoms with E-state index in [0.717, 1.165) is 60.8 Å². The van der Waals surface area contributed by atoms with Crippen LogP contribution in [0.4, 0.5) is 13.2 Å². The van der Waals surface area contributed by atoms with Crippen LogP contribution in [0.3, 0.4) is 0 Å². The summed E-state index contributed by atoms with van der Waals surface area (Å²) >= 11 is 0. The molecule has 0 amide bonds. The molecule has 48 heavy (non-hydrogen) atoms. The number of nitrogens with zero attached hydrogens (tertiary/aromatic N) is 4. The Morgan fingerprint density at radius 1 is 0.562 bits per heavy atom. The molecule has 0 saturated carbocycles. The van der Waals surface area contributed by atoms with E-state index in [0.29, 0.717) is 5.69 Å². The molecule has 0 bridgehead atoms. The number of fused-ring (bicyclic) bond motifs is 6. The molecule has 0 N–H and O–H groups in total. The summed E-state index contributed by atoms with van der Waals surface area (Å²) in [6.07, 6.45) is -4.76. The summed E-state index contributed by atoms with van der Waals surface area (Å²) in [5.41, 5.74) is 5.07. The molecule has 6 aromatic carbocycles. The Morgan fingerprint density at radius 3 is 1.71 bits per heavy atom. The third kappa shape index (κ3) is 4.22. The van der Waals surface area contributed by atoms with Crippen LogP contribution in [0.25, 0.3) is 66.1 Å². The number of halogens is 3. The number of benzene rings is 6. The van der Waals surface area contributed by atoms with Crippen LogP contribution in [0, 0.1) is 36.5 Å². The van der Waals surface area contributed by atoms with Crippen molar-refractivity contribution in [3.63, 3.8) is 0 Å². The average Bonchev–Trinajstić information content (AvgIpc) is 3.58. The first-order valence-electron chi connectivity index (χ1n) is 15.4. The van der Waals surface area contributed by atoms with E-state index in [1.807, 2.05) is 108 Å². The summed E-state index contributed by atoms with van der Waals surface area (Å²) in [6.45, 7) is 4.01. The molecule has 0 atom stereocenters. The Labute approximate surface area is 273 Å². The van der Waals surface area contributed by atoms with E-state index in [1.54, 1.807) is 12.1 Å². The highest BCUT2D eigenvalue weighted by Crippen LogP contribution is 2.46. The first kappa shape index (κ1) is 29.1. The molecule has 0 saturated heterocycles. The van der Waals surface area contributed by atoms with E-state index >= 15 is 0 Å². The molecule has 4 nitrogen and oxygen atoms in total. The van der Waals surface area contributed by atoms with Gasteiger partial charge in [-0.15, -0.1) is 0 Å². The van der Waals surface area contributed by atoms with Crippen molar-refractivity contribution in [1.29, 1.82) is 10.5 Å². The maximum absolute atomic E-state index is 14.8. The zero-order chi connectivity index (χ0) is 33.3. The van der Waals surface area contributed by atoms with E-state index in [-0.39, 0.29) is 27.9 Å². The Morgan fingerprint density at radius 2 is 1.12 bits per heavy atom. The number of hydrogen-bond donors (Lipinski definition) is 0. The van der Waals surface area contributed by atoms with Gasteiger partial charge >= 0.3 is 6.18 Å². The monoisotopic (exact) mass is 630 g/mol. The van der Waals surface area contributed by atoms with Gasteiger partial charge in [0.2, 0.25) is 0 Å². The van der Waals surface area contributed by atoms with Crippen molar-refractivity contribution in [2.75, 3.05) is 0 Å². The highest BCUT2D eigenvalue weighted by molar-refractivity contribution is 6.12. The second-order valence-electron chi connectivity index (χ2n) is 12.1. The zero-order valence-corrected chi connectivity index (χ0v) is 25.9. The molecule has 2 heterocycles. The molecule has 0 aliphatic heterocycles. The number of hydrogen-bond acceptors (Lipinski definition) is 2. The molecule has 8 aromatic rings. The molecule has 0 radical (unpaired) electrons. The minimum absolute atomic E-state index is 0.133. The average molecular weight is 631 g/mol. The van der Waals surface area contributed by atoms with Gasteiger partial charge in [0, 0.05) is 32.7 Å². The predicted molar refractivity (Wildman–Crippen MR) is 184 cm³/mol. The van der Waals surface area contributed by atoms with Gasteiger partial charge in [0.15, 0.2) is 0 Å². The third-order valence-corrected chi connectivity index (χ3v) is 9.15. The fourth-order valence-electron chi connectivity index (χ4n) is 7.16. The summed E-state index contributed by atoms with van der Waals surface area (Å²) in [4.78, 5) is 0. The van der Waals surface area contributed by atoms with Gasteiger partial charge in [-0.2, -0.15) is 23.7 Å². The van der Waals surface area contributed by atoms with Crippen molar-refractivity contribution < 1.29 is 13.2 Å². The second-order valence-corrected chi connectivity index (χ2v) is 12.1. The Balaban J connectivity index is 1.61. The van der Waals surface area contributed by atoms with Gasteiger partial charge < -0.3 is 9.13 Å². The van der Waals surface area contributed by atoms with Crippen LogP contribution in [-0.2, 0) is 6.18 Å². The minimum atomic E-state index is -4.76. The van der Waals surface area contributed by atoms with Gasteiger partial charge in [-0.1, -0.05) is 71.8 Å². The van der Waals surface area contributed by atoms with Crippen LogP contribution in [0.5, 0.6) is 0 Å². The van der Waals surface area contributed by atoms with Gasteiger partial charge in [-0.05, 0) is 68.4 Å². The molecule has 0 unspecified atom stereocenters. The van der Waals surface area contributed by atoms with Crippen LogP contribution >= 0.6 is 0 Å². The molecular formula is C41H25F3N4. The SMILES string of the molecule is Cc1ccc2c(c1)c1ccccc1n2-c1ccc(-c2c(C#N)cccc2C(F)(F)F)c(-n2c3ccccc3c3cc(C)ccc32)c1C#N. The molecule has 0 aliphatic rings. The normalized spacial score (nSPS) is 11.8. The summed E-state index contributed by atoms with van der Waals surface area (Å²) < 4.78 is 48.2. The zero-order valence-electron chi connectivity index (χ0n) is 25.9. The maximum Gasteiger partial charge on any atom is 0.417 e. The van der Waals surface area contributed by atoms with Crippen LogP contribution < -0.4 is 0 Å². The van der Waals surface area contributed by atoms with Gasteiger partial charge in [0.1, 0.15) is 11.6 Å². The van der Waals surface area contributed by atoms with Gasteiger partial charge in [-0.3, -0.25) is 0 Å². The predicted octanol–water partition coefficient (Wildman–Crippen LogP) is 10.9. The van der Waals surface area contributed by atoms with E-state index < -0.39 is 11.7 Å². The second kappa shape index (κ2) is 10.6. The minimum Gasteiger partial charge on any atom is -0.308 e. The lowest BCUT2D eigenvalue weighted by molar-refractivity contribution is -0.137. The van der Waals surface area contributed by atoms with Crippen LogP contribution in [0.15, 0.2) is 115 Å². The fourth-order valence-corrected chi connectivity index (χ4v) is 7.16. The summed E-state index contributed by atoms with van der Waals surface area (Å²) in [5.74, 6) is 0. The molecule has 2 aromatic heterocycles. The largest absolute Gasteiger partial charge is 0.417 e. The number of aromatic nitrogens is 2. The van der Waals surface area contributed by atoms with Crippen molar-refractivity contribution in [3.8, 4) is 34.6 Å². The number of rotatable bonds is 3. The first-order valence-corrected chi connectivity index (χ1v) is 15.4. The standard InChI is InChI=1S/C41H25F3N4/c1-24-14-17-36-30(20-24)27-9-3-5-12-34(27)47(36)38-19-16-29(39-26(22-45)8-7-11-33(39)41(42,43)44)40(32(38)23-46)48-35-13-6-4-10-28(35)31-21-25(2)15-18-37(31)48/h3-21H,1-2H3. The molecule has 230 valence electrons. The van der Waals surface area contributed by atoms with E-state index in [2.05, 4.69) is 12.1 Å². The van der Waals surface area contributed by atoms with E-state index in [1.165, 1.54) is 12.1 Å². The smallest absolute Gasteiger partial charge is 0.308 e. The molecule has 0 fully saturated rings. The quantitative estimate of drug-likeness (QED) is 0.195. The van der Waals surface area contributed by atoms with E-state index in [4.69, 9.17) is 0 Å². The fraction of sp³-hybridized carbons (Fsp3) is 0.0732. The van der Waals surface area contributed by atoms with Crippen molar-refractivity contribution >= 4 is 43.6 Å². The molecular weight excluding hydrogens is 605 g/mol. The lowest BCUT2D eigenvalue weighted by Gasteiger charge is -2.22. The number of para-hydroxylation sites is 2. The summed E-state index contributed by atoms with van der Waals surface area (Å²) in [6, 6.07) is 39.0. The molecule has 0 aliphatic carbocycles. The highest BCUT2D eigenvalue weighted by atomic mass is 19.4. The molecule has 0 spiro atoms. The molecule has 8 rings (SSSR count). The highest BCUT2D eigenvalue weighted by Gasteiger charge is 2.36. The van der Waals surface area contributed by atoms with Crippen molar-refractivity contribution in [2.45, 2.75) is 20.0 Å². The van der Waals surface area contributed by atoms with Crippen LogP contribution in [0.1, 0.15) is 27.8 Å². The lowest BCUT2D eigenvalue weighted by atomic mass is 9.90. The first-order chi connectivity index (χ1) is 23.2. The van der Waals surface area contributed by atoms with E-state index in [9.17, 15) is 23.7 Å². The van der Waals surface area contributed by atoms with Gasteiger partial charge in [0.25, 0.3) is 0 Å². The number of alkyl halides is 3. The number of aryl methyl sites for hydroxylation is 2. The maximum atomic E-state index is 14.8. The Hall–Kier alpha value is -6.31. The summed E-state index contributed by atoms with van der Waals surface area (Å²) in [5, 5.41) is 25.1. The van der Waals surface area contributed by atoms with Crippen molar-refractivity contribution in [3.05, 3.63) is 143 Å². The lowest BCUT2D eigenvalue weighted by Crippen LogP contribution is -2.11. The van der Waals surface area contributed by atoms with Gasteiger partial charge in [-0.25, -0.2) is 0 Å². The van der Waals surface area contributed by atoms with Crippen LogP contribution in [0.2, 0.25) is 0 Å². The van der Waals surface area contributed by atoms with Crippen molar-refractivity contribution in [1.82, 2.24) is 9.13 Å². The summed E-state index contributed by atoms with van der Waals surface area (Å²) in [7, 11) is 0. The Bertz CT molecular complexity index is 2710. The number of nitriles is 2. The van der Waals surface area contributed by atoms with Gasteiger partial charge in [0.05, 0.1) is 50.6 Å². The third-order valence-electron chi connectivity index (χ3n) is 9.15. The Kier molecular flexibility index (Phi) is 6.44. The topological polar surface area (TPSA) is 57.4 Å². The van der Waals surface area contributed by atoms with Crippen LogP contribution in [-0.4, -0.2) is 9.13 Å². The molecule has 7 heteroatoms.